The summed E-state index contributed by atoms with van der Waals surface area (Å²) in [6.07, 6.45) is 7.25. The number of ether oxygens (including phenoxy) is 1. The third-order valence-corrected chi connectivity index (χ3v) is 3.41. The van der Waals surface area contributed by atoms with E-state index in [0.29, 0.717) is 5.92 Å². The minimum atomic E-state index is -0.620. The Morgan fingerprint density at radius 2 is 2.54 bits per heavy atom. The van der Waals surface area contributed by atoms with Crippen LogP contribution < -0.4 is 0 Å². The van der Waals surface area contributed by atoms with E-state index in [1.54, 1.807) is 0 Å². The van der Waals surface area contributed by atoms with Crippen LogP contribution >= 0.6 is 0 Å². The monoisotopic (exact) mass is 182 g/mol. The fraction of sp³-hybridized carbons (Fsp3) is 0.818. The summed E-state index contributed by atoms with van der Waals surface area (Å²) >= 11 is 0. The molecule has 1 heterocycles. The summed E-state index contributed by atoms with van der Waals surface area (Å²) in [7, 11) is 0. The van der Waals surface area contributed by atoms with Gasteiger partial charge in [-0.2, -0.15) is 0 Å². The highest BCUT2D eigenvalue weighted by molar-refractivity contribution is 5.17. The first kappa shape index (κ1) is 9.07. The summed E-state index contributed by atoms with van der Waals surface area (Å²) in [4.78, 5) is 0. The van der Waals surface area contributed by atoms with Gasteiger partial charge in [-0.25, -0.2) is 0 Å². The van der Waals surface area contributed by atoms with Gasteiger partial charge in [-0.05, 0) is 31.3 Å². The van der Waals surface area contributed by atoms with Crippen LogP contribution in [0.25, 0.3) is 0 Å². The Balaban J connectivity index is 2.17. The molecular weight excluding hydrogens is 164 g/mol. The first-order valence-electron chi connectivity index (χ1n) is 5.33. The van der Waals surface area contributed by atoms with E-state index >= 15 is 0 Å². The van der Waals surface area contributed by atoms with Gasteiger partial charge in [0.2, 0.25) is 0 Å². The van der Waals surface area contributed by atoms with Crippen LogP contribution in [0.15, 0.2) is 11.8 Å². The van der Waals surface area contributed by atoms with Crippen molar-refractivity contribution in [3.05, 3.63) is 11.8 Å². The predicted octanol–water partition coefficient (Wildman–Crippen LogP) is 2.23. The molecular formula is C11H18O2. The van der Waals surface area contributed by atoms with Gasteiger partial charge in [0.1, 0.15) is 11.4 Å². The normalized spacial score (nSPS) is 38.9. The van der Waals surface area contributed by atoms with Crippen LogP contribution in [0.4, 0.5) is 0 Å². The van der Waals surface area contributed by atoms with E-state index in [-0.39, 0.29) is 0 Å². The first-order valence-corrected chi connectivity index (χ1v) is 5.33. The summed E-state index contributed by atoms with van der Waals surface area (Å²) in [5.74, 6) is 1.27. The van der Waals surface area contributed by atoms with Gasteiger partial charge in [-0.15, -0.1) is 0 Å². The Labute approximate surface area is 79.6 Å². The Kier molecular flexibility index (Phi) is 2.33. The van der Waals surface area contributed by atoms with E-state index < -0.39 is 5.60 Å². The topological polar surface area (TPSA) is 29.5 Å². The molecule has 0 saturated heterocycles. The zero-order chi connectivity index (χ0) is 9.31. The largest absolute Gasteiger partial charge is 0.495 e. The predicted molar refractivity (Wildman–Crippen MR) is 51.2 cm³/mol. The molecule has 2 rings (SSSR count). The summed E-state index contributed by atoms with van der Waals surface area (Å²) in [5.41, 5.74) is -0.620. The van der Waals surface area contributed by atoms with Gasteiger partial charge in [0.25, 0.3) is 0 Å². The van der Waals surface area contributed by atoms with Crippen molar-refractivity contribution in [3.63, 3.8) is 0 Å². The van der Waals surface area contributed by atoms with Crippen LogP contribution in [0, 0.1) is 5.92 Å². The van der Waals surface area contributed by atoms with E-state index in [1.807, 2.05) is 0 Å². The number of aliphatic hydroxyl groups is 1. The maximum atomic E-state index is 10.5. The van der Waals surface area contributed by atoms with Crippen molar-refractivity contribution >= 4 is 0 Å². The van der Waals surface area contributed by atoms with Crippen LogP contribution in [-0.2, 0) is 4.74 Å². The quantitative estimate of drug-likeness (QED) is 0.709. The second-order valence-corrected chi connectivity index (χ2v) is 4.13. The van der Waals surface area contributed by atoms with Crippen molar-refractivity contribution < 1.29 is 9.84 Å². The third-order valence-electron chi connectivity index (χ3n) is 3.41. The van der Waals surface area contributed by atoms with Crippen LogP contribution in [-0.4, -0.2) is 17.3 Å². The van der Waals surface area contributed by atoms with E-state index in [1.165, 1.54) is 0 Å². The van der Waals surface area contributed by atoms with E-state index in [9.17, 15) is 5.11 Å². The Morgan fingerprint density at radius 1 is 1.69 bits per heavy atom. The van der Waals surface area contributed by atoms with Crippen molar-refractivity contribution in [2.24, 2.45) is 5.92 Å². The molecule has 0 aromatic rings. The maximum absolute atomic E-state index is 10.5. The number of rotatable bonds is 2. The smallest absolute Gasteiger partial charge is 0.124 e. The zero-order valence-corrected chi connectivity index (χ0v) is 8.25. The van der Waals surface area contributed by atoms with Gasteiger partial charge in [0, 0.05) is 6.42 Å². The molecule has 0 spiro atoms. The highest BCUT2D eigenvalue weighted by Crippen LogP contribution is 2.44. The second kappa shape index (κ2) is 3.33. The van der Waals surface area contributed by atoms with Gasteiger partial charge in [-0.3, -0.25) is 0 Å². The van der Waals surface area contributed by atoms with Crippen LogP contribution in [0.3, 0.4) is 0 Å². The third kappa shape index (κ3) is 1.37. The minimum absolute atomic E-state index is 0.414. The van der Waals surface area contributed by atoms with E-state index in [0.717, 1.165) is 44.5 Å². The van der Waals surface area contributed by atoms with Gasteiger partial charge in [0.05, 0.1) is 6.61 Å². The maximum Gasteiger partial charge on any atom is 0.124 e. The van der Waals surface area contributed by atoms with Gasteiger partial charge in [0.15, 0.2) is 0 Å². The molecule has 2 unspecified atom stereocenters. The van der Waals surface area contributed by atoms with Gasteiger partial charge in [-0.1, -0.05) is 13.3 Å². The molecule has 1 aliphatic carbocycles. The van der Waals surface area contributed by atoms with Gasteiger partial charge < -0.3 is 9.84 Å². The molecule has 0 radical (unpaired) electrons. The fourth-order valence-electron chi connectivity index (χ4n) is 2.65. The lowest BCUT2D eigenvalue weighted by molar-refractivity contribution is -0.0125. The molecule has 1 N–H and O–H groups in total. The van der Waals surface area contributed by atoms with E-state index in [4.69, 9.17) is 4.74 Å². The molecule has 74 valence electrons. The standard InChI is InChI=1S/C11H18O2/c1-2-9-5-3-7-11(9,12)10-6-4-8-13-10/h6,9,12H,2-5,7-8H2,1H3. The SMILES string of the molecule is CCC1CCCC1(O)C1=CCCO1. The van der Waals surface area contributed by atoms with Crippen LogP contribution in [0.1, 0.15) is 39.0 Å². The highest BCUT2D eigenvalue weighted by Gasteiger charge is 2.45. The van der Waals surface area contributed by atoms with Crippen molar-refractivity contribution in [1.82, 2.24) is 0 Å². The zero-order valence-electron chi connectivity index (χ0n) is 8.25. The Bertz CT molecular complexity index is 222. The summed E-state index contributed by atoms with van der Waals surface area (Å²) in [6, 6.07) is 0. The molecule has 2 nitrogen and oxygen atoms in total. The molecule has 1 fully saturated rings. The molecule has 0 aromatic carbocycles. The van der Waals surface area contributed by atoms with Crippen LogP contribution in [0.5, 0.6) is 0 Å². The number of hydrogen-bond donors (Lipinski definition) is 1. The summed E-state index contributed by atoms with van der Waals surface area (Å²) in [6.45, 7) is 2.91. The van der Waals surface area contributed by atoms with Crippen molar-refractivity contribution in [2.75, 3.05) is 6.61 Å². The Hall–Kier alpha value is -0.500. The van der Waals surface area contributed by atoms with Crippen LogP contribution in [0.2, 0.25) is 0 Å². The summed E-state index contributed by atoms with van der Waals surface area (Å²) in [5, 5.41) is 10.5. The molecule has 0 bridgehead atoms. The lowest BCUT2D eigenvalue weighted by Gasteiger charge is -2.30. The average molecular weight is 182 g/mol. The number of hydrogen-bond acceptors (Lipinski definition) is 2. The minimum Gasteiger partial charge on any atom is -0.495 e. The molecule has 2 atom stereocenters. The lowest BCUT2D eigenvalue weighted by atomic mass is 9.87. The first-order chi connectivity index (χ1) is 6.27. The van der Waals surface area contributed by atoms with Crippen molar-refractivity contribution in [1.29, 1.82) is 0 Å². The van der Waals surface area contributed by atoms with Gasteiger partial charge >= 0.3 is 0 Å². The van der Waals surface area contributed by atoms with Crippen molar-refractivity contribution in [2.45, 2.75) is 44.6 Å². The van der Waals surface area contributed by atoms with E-state index in [2.05, 4.69) is 13.0 Å². The second-order valence-electron chi connectivity index (χ2n) is 4.13. The molecule has 13 heavy (non-hydrogen) atoms. The molecule has 2 heteroatoms. The highest BCUT2D eigenvalue weighted by atomic mass is 16.5. The lowest BCUT2D eigenvalue weighted by Crippen LogP contribution is -2.35. The average Bonchev–Trinajstić information content (AvgIpc) is 2.72. The van der Waals surface area contributed by atoms with Crippen molar-refractivity contribution in [3.8, 4) is 0 Å². The molecule has 0 aromatic heterocycles. The summed E-state index contributed by atoms with van der Waals surface area (Å²) < 4.78 is 5.48. The molecule has 0 amide bonds. The Morgan fingerprint density at radius 3 is 3.15 bits per heavy atom. The molecule has 2 aliphatic rings. The molecule has 1 saturated carbocycles. The fourth-order valence-corrected chi connectivity index (χ4v) is 2.65. The molecule has 1 aliphatic heterocycles.